The van der Waals surface area contributed by atoms with Crippen LogP contribution < -0.4 is 0 Å². The van der Waals surface area contributed by atoms with Crippen LogP contribution in [-0.2, 0) is 4.74 Å². The van der Waals surface area contributed by atoms with E-state index in [2.05, 4.69) is 68.0 Å². The number of hydrogen-bond acceptors (Lipinski definition) is 4. The molecule has 6 rings (SSSR count). The Morgan fingerprint density at radius 3 is 2.57 bits per heavy atom. The van der Waals surface area contributed by atoms with Gasteiger partial charge in [-0.05, 0) is 81.0 Å². The Hall–Kier alpha value is -2.73. The summed E-state index contributed by atoms with van der Waals surface area (Å²) in [6, 6.07) is 4.51. The smallest absolute Gasteiger partial charge is 0.158 e. The molecule has 0 aromatic carbocycles. The lowest BCUT2D eigenvalue weighted by atomic mass is 9.72. The number of H-pyrrole nitrogens is 1. The minimum Gasteiger partial charge on any atom is -0.380 e. The van der Waals surface area contributed by atoms with Crippen LogP contribution in [0.4, 0.5) is 0 Å². The Morgan fingerprint density at radius 1 is 1.11 bits per heavy atom. The number of rotatable bonds is 5. The summed E-state index contributed by atoms with van der Waals surface area (Å²) >= 11 is 0. The van der Waals surface area contributed by atoms with Gasteiger partial charge in [-0.2, -0.15) is 5.10 Å². The van der Waals surface area contributed by atoms with E-state index < -0.39 is 0 Å². The Bertz CT molecular complexity index is 1390. The monoisotopic (exact) mass is 471 g/mol. The molecule has 35 heavy (non-hydrogen) atoms. The molecule has 0 radical (unpaired) electrons. The van der Waals surface area contributed by atoms with E-state index in [9.17, 15) is 0 Å². The molecule has 4 aromatic rings. The Morgan fingerprint density at radius 2 is 1.89 bits per heavy atom. The molecule has 1 saturated carbocycles. The van der Waals surface area contributed by atoms with Crippen LogP contribution in [0.5, 0.6) is 0 Å². The normalized spacial score (nSPS) is 22.2. The fraction of sp³-hybridized carbons (Fsp3) is 0.552. The maximum Gasteiger partial charge on any atom is 0.158 e. The number of nitrogens with one attached hydrogen (secondary N) is 1. The SMILES string of the molecule is Cc1c(-c2[nH]c3ccc(C4CCC(CC5(C)COC5)CC4)nc3c2C(C)C)cn2ncnc2c1C. The molecule has 0 spiro atoms. The molecule has 2 fully saturated rings. The number of aromatic nitrogens is 5. The zero-order valence-electron chi connectivity index (χ0n) is 21.7. The van der Waals surface area contributed by atoms with Crippen LogP contribution in [0.15, 0.2) is 24.7 Å². The quantitative estimate of drug-likeness (QED) is 0.351. The van der Waals surface area contributed by atoms with Crippen molar-refractivity contribution < 1.29 is 4.74 Å². The summed E-state index contributed by atoms with van der Waals surface area (Å²) in [5, 5.41) is 4.42. The summed E-state index contributed by atoms with van der Waals surface area (Å²) in [6.45, 7) is 13.1. The number of hydrogen-bond donors (Lipinski definition) is 1. The van der Waals surface area contributed by atoms with Crippen LogP contribution in [-0.4, -0.2) is 37.8 Å². The number of aryl methyl sites for hydroxylation is 1. The second-order valence-electron chi connectivity index (χ2n) is 11.7. The predicted molar refractivity (Wildman–Crippen MR) is 140 cm³/mol. The topological polar surface area (TPSA) is 68.1 Å². The molecule has 6 nitrogen and oxygen atoms in total. The minimum absolute atomic E-state index is 0.355. The van der Waals surface area contributed by atoms with Crippen molar-refractivity contribution in [1.82, 2.24) is 24.6 Å². The van der Waals surface area contributed by atoms with Crippen molar-refractivity contribution in [3.63, 3.8) is 0 Å². The van der Waals surface area contributed by atoms with Crippen molar-refractivity contribution in [3.05, 3.63) is 47.0 Å². The van der Waals surface area contributed by atoms with Crippen LogP contribution in [0.2, 0.25) is 0 Å². The third-order valence-electron chi connectivity index (χ3n) is 8.62. The molecule has 2 aliphatic rings. The molecule has 6 heteroatoms. The highest BCUT2D eigenvalue weighted by Gasteiger charge is 2.37. The van der Waals surface area contributed by atoms with Crippen molar-refractivity contribution >= 4 is 16.7 Å². The maximum atomic E-state index is 5.49. The van der Waals surface area contributed by atoms with Gasteiger partial charge in [0, 0.05) is 34.4 Å². The van der Waals surface area contributed by atoms with Gasteiger partial charge in [0.1, 0.15) is 6.33 Å². The van der Waals surface area contributed by atoms with Crippen molar-refractivity contribution in [3.8, 4) is 11.3 Å². The molecule has 5 heterocycles. The lowest BCUT2D eigenvalue weighted by Gasteiger charge is -2.42. The van der Waals surface area contributed by atoms with Gasteiger partial charge in [-0.3, -0.25) is 4.98 Å². The third-order valence-corrected chi connectivity index (χ3v) is 8.62. The molecule has 0 amide bonds. The molecule has 1 aliphatic heterocycles. The third kappa shape index (κ3) is 3.86. The number of aromatic amines is 1. The molecule has 1 aliphatic carbocycles. The van der Waals surface area contributed by atoms with Crippen LogP contribution in [0.25, 0.3) is 27.9 Å². The maximum absolute atomic E-state index is 5.49. The number of ether oxygens (including phenoxy) is 1. The first-order valence-electron chi connectivity index (χ1n) is 13.2. The Balaban J connectivity index is 1.33. The van der Waals surface area contributed by atoms with E-state index in [0.29, 0.717) is 17.3 Å². The largest absolute Gasteiger partial charge is 0.380 e. The van der Waals surface area contributed by atoms with Gasteiger partial charge in [-0.1, -0.05) is 20.8 Å². The van der Waals surface area contributed by atoms with Gasteiger partial charge in [-0.15, -0.1) is 0 Å². The van der Waals surface area contributed by atoms with Gasteiger partial charge in [0.25, 0.3) is 0 Å². The highest BCUT2D eigenvalue weighted by molar-refractivity contribution is 5.89. The first-order valence-corrected chi connectivity index (χ1v) is 13.2. The molecular weight excluding hydrogens is 434 g/mol. The average molecular weight is 472 g/mol. The van der Waals surface area contributed by atoms with Gasteiger partial charge in [0.05, 0.1) is 29.9 Å². The zero-order valence-corrected chi connectivity index (χ0v) is 21.7. The molecule has 0 bridgehead atoms. The average Bonchev–Trinajstić information content (AvgIpc) is 3.45. The van der Waals surface area contributed by atoms with E-state index in [0.717, 1.165) is 41.5 Å². The molecule has 1 saturated heterocycles. The highest BCUT2D eigenvalue weighted by Crippen LogP contribution is 2.44. The van der Waals surface area contributed by atoms with E-state index in [-0.39, 0.29) is 0 Å². The lowest BCUT2D eigenvalue weighted by Crippen LogP contribution is -2.41. The summed E-state index contributed by atoms with van der Waals surface area (Å²) in [7, 11) is 0. The molecule has 0 unspecified atom stereocenters. The summed E-state index contributed by atoms with van der Waals surface area (Å²) in [4.78, 5) is 13.5. The summed E-state index contributed by atoms with van der Waals surface area (Å²) < 4.78 is 7.37. The van der Waals surface area contributed by atoms with E-state index in [1.165, 1.54) is 60.1 Å². The van der Waals surface area contributed by atoms with E-state index in [1.54, 1.807) is 6.33 Å². The van der Waals surface area contributed by atoms with Crippen molar-refractivity contribution in [1.29, 1.82) is 0 Å². The second kappa shape index (κ2) is 8.44. The van der Waals surface area contributed by atoms with E-state index >= 15 is 0 Å². The Kier molecular flexibility index (Phi) is 5.48. The van der Waals surface area contributed by atoms with Crippen molar-refractivity contribution in [2.24, 2.45) is 11.3 Å². The molecule has 1 N–H and O–H groups in total. The zero-order chi connectivity index (χ0) is 24.3. The number of fused-ring (bicyclic) bond motifs is 2. The minimum atomic E-state index is 0.355. The van der Waals surface area contributed by atoms with Gasteiger partial charge < -0.3 is 9.72 Å². The highest BCUT2D eigenvalue weighted by atomic mass is 16.5. The molecular formula is C29H37N5O. The molecule has 0 atom stereocenters. The number of nitrogens with zero attached hydrogens (tertiary/aromatic N) is 4. The molecule has 184 valence electrons. The fourth-order valence-electron chi connectivity index (χ4n) is 6.48. The van der Waals surface area contributed by atoms with Crippen LogP contribution >= 0.6 is 0 Å². The lowest BCUT2D eigenvalue weighted by molar-refractivity contribution is -0.115. The van der Waals surface area contributed by atoms with Crippen LogP contribution in [0.1, 0.15) is 87.1 Å². The summed E-state index contributed by atoms with van der Waals surface area (Å²) in [5.41, 5.74) is 10.9. The first-order chi connectivity index (χ1) is 16.8. The Labute approximate surface area is 207 Å². The predicted octanol–water partition coefficient (Wildman–Crippen LogP) is 6.71. The van der Waals surface area contributed by atoms with Gasteiger partial charge in [0.15, 0.2) is 5.65 Å². The molecule has 4 aromatic heterocycles. The number of pyridine rings is 2. The van der Waals surface area contributed by atoms with E-state index in [4.69, 9.17) is 9.72 Å². The first kappa shape index (κ1) is 22.7. The fourth-order valence-corrected chi connectivity index (χ4v) is 6.48. The van der Waals surface area contributed by atoms with Crippen LogP contribution in [0.3, 0.4) is 0 Å². The van der Waals surface area contributed by atoms with Gasteiger partial charge >= 0.3 is 0 Å². The second-order valence-corrected chi connectivity index (χ2v) is 11.7. The standard InChI is InChI=1S/C29H37N5O/c1-17(2)25-26(22-13-34-28(30-16-31-34)19(4)18(22)3)33-24-11-10-23(32-27(24)25)21-8-6-20(7-9-21)12-29(5)14-35-15-29/h10-11,13,16-17,20-21,33H,6-9,12,14-15H2,1-5H3. The van der Waals surface area contributed by atoms with Gasteiger partial charge in [0.2, 0.25) is 0 Å². The summed E-state index contributed by atoms with van der Waals surface area (Å²) in [5.74, 6) is 1.76. The van der Waals surface area contributed by atoms with Crippen LogP contribution in [0, 0.1) is 25.2 Å². The van der Waals surface area contributed by atoms with Gasteiger partial charge in [-0.25, -0.2) is 9.50 Å². The summed E-state index contributed by atoms with van der Waals surface area (Å²) in [6.07, 6.45) is 10.2. The van der Waals surface area contributed by atoms with E-state index in [1.807, 2.05) is 4.52 Å². The van der Waals surface area contributed by atoms with Crippen molar-refractivity contribution in [2.75, 3.05) is 13.2 Å². The van der Waals surface area contributed by atoms with Crippen molar-refractivity contribution in [2.45, 2.75) is 78.6 Å².